The molecule has 1 amide bonds. The van der Waals surface area contributed by atoms with Gasteiger partial charge >= 0.3 is 0 Å². The van der Waals surface area contributed by atoms with Crippen LogP contribution in [0.15, 0.2) is 18.2 Å². The number of hydrogen-bond acceptors (Lipinski definition) is 2. The van der Waals surface area contributed by atoms with E-state index in [1.807, 2.05) is 4.90 Å². The Morgan fingerprint density at radius 2 is 2.21 bits per heavy atom. The molecule has 1 N–H and O–H groups in total. The Morgan fingerprint density at radius 3 is 2.89 bits per heavy atom. The van der Waals surface area contributed by atoms with E-state index >= 15 is 0 Å². The van der Waals surface area contributed by atoms with Gasteiger partial charge in [0.25, 0.3) is 0 Å². The van der Waals surface area contributed by atoms with Crippen molar-refractivity contribution in [1.29, 1.82) is 0 Å². The van der Waals surface area contributed by atoms with Crippen molar-refractivity contribution in [3.8, 4) is 0 Å². The summed E-state index contributed by atoms with van der Waals surface area (Å²) >= 11 is 0. The van der Waals surface area contributed by atoms with Gasteiger partial charge in [0.2, 0.25) is 5.91 Å². The number of nitrogens with one attached hydrogen (secondary N) is 1. The zero-order valence-electron chi connectivity index (χ0n) is 11.8. The Bertz CT molecular complexity index is 494. The van der Waals surface area contributed by atoms with Crippen molar-refractivity contribution in [3.05, 3.63) is 29.3 Å². The van der Waals surface area contributed by atoms with Crippen LogP contribution in [0.25, 0.3) is 0 Å². The van der Waals surface area contributed by atoms with Crippen molar-refractivity contribution >= 4 is 11.6 Å². The quantitative estimate of drug-likeness (QED) is 0.898. The van der Waals surface area contributed by atoms with Crippen LogP contribution in [0.4, 0.5) is 5.69 Å². The Balaban J connectivity index is 1.69. The number of nitrogens with zero attached hydrogens (tertiary/aromatic N) is 1. The highest BCUT2D eigenvalue weighted by Crippen LogP contribution is 2.33. The first kappa shape index (κ1) is 12.7. The Kier molecular flexibility index (Phi) is 3.31. The lowest BCUT2D eigenvalue weighted by molar-refractivity contribution is -0.116. The number of benzene rings is 1. The third kappa shape index (κ3) is 2.66. The van der Waals surface area contributed by atoms with E-state index in [1.165, 1.54) is 24.0 Å². The van der Waals surface area contributed by atoms with E-state index in [0.717, 1.165) is 31.1 Å². The molecule has 0 spiro atoms. The Morgan fingerprint density at radius 1 is 1.42 bits per heavy atom. The van der Waals surface area contributed by atoms with E-state index in [9.17, 15) is 4.79 Å². The van der Waals surface area contributed by atoms with Gasteiger partial charge in [-0.2, -0.15) is 0 Å². The molecular formula is C16H22N2O. The minimum Gasteiger partial charge on any atom is -0.314 e. The van der Waals surface area contributed by atoms with E-state index in [4.69, 9.17) is 0 Å². The van der Waals surface area contributed by atoms with Crippen LogP contribution in [0.3, 0.4) is 0 Å². The summed E-state index contributed by atoms with van der Waals surface area (Å²) in [5.74, 6) is 0.148. The second-order valence-electron chi connectivity index (χ2n) is 5.88. The fraction of sp³-hybridized carbons (Fsp3) is 0.562. The molecule has 1 aliphatic carbocycles. The van der Waals surface area contributed by atoms with Gasteiger partial charge in [0, 0.05) is 24.7 Å². The monoisotopic (exact) mass is 258 g/mol. The lowest BCUT2D eigenvalue weighted by atomic mass is 10.0. The largest absolute Gasteiger partial charge is 0.314 e. The molecule has 1 heterocycles. The molecule has 3 rings (SSSR count). The van der Waals surface area contributed by atoms with E-state index < -0.39 is 0 Å². The number of rotatable bonds is 4. The molecule has 1 saturated carbocycles. The smallest absolute Gasteiger partial charge is 0.224 e. The maximum absolute atomic E-state index is 11.7. The van der Waals surface area contributed by atoms with E-state index in [1.54, 1.807) is 6.92 Å². The van der Waals surface area contributed by atoms with Gasteiger partial charge in [-0.05, 0) is 56.3 Å². The Hall–Kier alpha value is -1.35. The molecule has 1 unspecified atom stereocenters. The van der Waals surface area contributed by atoms with Crippen molar-refractivity contribution in [3.63, 3.8) is 0 Å². The van der Waals surface area contributed by atoms with Crippen LogP contribution in [-0.2, 0) is 17.6 Å². The zero-order valence-corrected chi connectivity index (χ0v) is 11.8. The molecule has 1 fully saturated rings. The van der Waals surface area contributed by atoms with Crippen LogP contribution >= 0.6 is 0 Å². The normalized spacial score (nSPS) is 21.6. The highest BCUT2D eigenvalue weighted by molar-refractivity contribution is 5.94. The summed E-state index contributed by atoms with van der Waals surface area (Å²) in [5, 5.41) is 3.54. The number of fused-ring (bicyclic) bond motifs is 1. The van der Waals surface area contributed by atoms with Gasteiger partial charge in [0.1, 0.15) is 0 Å². The van der Waals surface area contributed by atoms with Gasteiger partial charge in [-0.15, -0.1) is 0 Å². The molecule has 3 heteroatoms. The molecule has 0 radical (unpaired) electrons. The maximum Gasteiger partial charge on any atom is 0.224 e. The molecule has 1 aromatic rings. The van der Waals surface area contributed by atoms with Crippen molar-refractivity contribution in [1.82, 2.24) is 5.32 Å². The summed E-state index contributed by atoms with van der Waals surface area (Å²) in [4.78, 5) is 13.6. The highest BCUT2D eigenvalue weighted by Gasteiger charge is 2.28. The molecule has 0 saturated heterocycles. The van der Waals surface area contributed by atoms with Gasteiger partial charge < -0.3 is 10.2 Å². The first-order valence-corrected chi connectivity index (χ1v) is 7.30. The topological polar surface area (TPSA) is 32.3 Å². The van der Waals surface area contributed by atoms with Crippen LogP contribution in [0.1, 0.15) is 37.8 Å². The van der Waals surface area contributed by atoms with Gasteiger partial charge in [-0.3, -0.25) is 4.79 Å². The van der Waals surface area contributed by atoms with Crippen molar-refractivity contribution in [2.75, 3.05) is 11.4 Å². The number of anilines is 1. The van der Waals surface area contributed by atoms with Crippen LogP contribution in [0.5, 0.6) is 0 Å². The van der Waals surface area contributed by atoms with E-state index in [-0.39, 0.29) is 5.91 Å². The Labute approximate surface area is 115 Å². The van der Waals surface area contributed by atoms with Crippen molar-refractivity contribution in [2.45, 2.75) is 51.6 Å². The van der Waals surface area contributed by atoms with Crippen molar-refractivity contribution in [2.24, 2.45) is 0 Å². The fourth-order valence-electron chi connectivity index (χ4n) is 3.03. The van der Waals surface area contributed by atoms with Gasteiger partial charge in [-0.25, -0.2) is 0 Å². The summed E-state index contributed by atoms with van der Waals surface area (Å²) in [7, 11) is 0. The fourth-order valence-corrected chi connectivity index (χ4v) is 3.03. The SMILES string of the molecule is CC(=O)N1c2ccc(CCNC3CC3)cc2CC1C. The molecular weight excluding hydrogens is 236 g/mol. The van der Waals surface area contributed by atoms with E-state index in [2.05, 4.69) is 30.4 Å². The van der Waals surface area contributed by atoms with Crippen LogP contribution in [-0.4, -0.2) is 24.5 Å². The van der Waals surface area contributed by atoms with Gasteiger partial charge in [0.15, 0.2) is 0 Å². The standard InChI is InChI=1S/C16H22N2O/c1-11-9-14-10-13(7-8-17-15-4-5-15)3-6-16(14)18(11)12(2)19/h3,6,10-11,15,17H,4-5,7-9H2,1-2H3. The third-order valence-electron chi connectivity index (χ3n) is 4.12. The second-order valence-corrected chi connectivity index (χ2v) is 5.88. The number of hydrogen-bond donors (Lipinski definition) is 1. The molecule has 0 aromatic heterocycles. The summed E-state index contributed by atoms with van der Waals surface area (Å²) in [6.45, 7) is 4.84. The predicted octanol–water partition coefficient (Wildman–Crippen LogP) is 2.28. The first-order chi connectivity index (χ1) is 9.15. The number of amides is 1. The summed E-state index contributed by atoms with van der Waals surface area (Å²) in [6.07, 6.45) is 4.75. The highest BCUT2D eigenvalue weighted by atomic mass is 16.2. The number of carbonyl (C=O) groups is 1. The predicted molar refractivity (Wildman–Crippen MR) is 77.5 cm³/mol. The lowest BCUT2D eigenvalue weighted by Gasteiger charge is -2.20. The average Bonchev–Trinajstić information content (AvgIpc) is 3.10. The molecule has 1 atom stereocenters. The molecule has 3 nitrogen and oxygen atoms in total. The minimum absolute atomic E-state index is 0.148. The van der Waals surface area contributed by atoms with Crippen LogP contribution in [0.2, 0.25) is 0 Å². The summed E-state index contributed by atoms with van der Waals surface area (Å²) < 4.78 is 0. The second kappa shape index (κ2) is 4.97. The van der Waals surface area contributed by atoms with Crippen LogP contribution < -0.4 is 10.2 Å². The molecule has 2 aliphatic rings. The van der Waals surface area contributed by atoms with Crippen LogP contribution in [0, 0.1) is 0 Å². The number of carbonyl (C=O) groups excluding carboxylic acids is 1. The van der Waals surface area contributed by atoms with Gasteiger partial charge in [-0.1, -0.05) is 12.1 Å². The lowest BCUT2D eigenvalue weighted by Crippen LogP contribution is -2.33. The van der Waals surface area contributed by atoms with E-state index in [0.29, 0.717) is 6.04 Å². The summed E-state index contributed by atoms with van der Waals surface area (Å²) in [5.41, 5.74) is 3.81. The minimum atomic E-state index is 0.148. The maximum atomic E-state index is 11.7. The first-order valence-electron chi connectivity index (χ1n) is 7.30. The zero-order chi connectivity index (χ0) is 13.4. The van der Waals surface area contributed by atoms with Crippen molar-refractivity contribution < 1.29 is 4.79 Å². The molecule has 19 heavy (non-hydrogen) atoms. The van der Waals surface area contributed by atoms with Gasteiger partial charge in [0.05, 0.1) is 0 Å². The molecule has 1 aliphatic heterocycles. The molecule has 0 bridgehead atoms. The molecule has 1 aromatic carbocycles. The average molecular weight is 258 g/mol. The molecule has 102 valence electrons. The summed E-state index contributed by atoms with van der Waals surface area (Å²) in [6, 6.07) is 7.65. The third-order valence-corrected chi connectivity index (χ3v) is 4.12.